The smallest absolute Gasteiger partial charge is 0.304 e. The molecule has 1 unspecified atom stereocenters. The number of esters is 1. The Hall–Kier alpha value is -0.840. The summed E-state index contributed by atoms with van der Waals surface area (Å²) in [5, 5.41) is 0. The second kappa shape index (κ2) is 2.65. The van der Waals surface area contributed by atoms with E-state index in [0.29, 0.717) is 0 Å². The third-order valence-corrected chi connectivity index (χ3v) is 2.88. The maximum absolute atomic E-state index is 11.0. The topological polar surface area (TPSA) is 60.4 Å². The normalized spacial score (nSPS) is 26.8. The van der Waals surface area contributed by atoms with Crippen molar-refractivity contribution in [2.75, 3.05) is 5.75 Å². The Bertz CT molecular complexity index is 288. The highest BCUT2D eigenvalue weighted by Crippen LogP contribution is 2.13. The van der Waals surface area contributed by atoms with Crippen LogP contribution in [0.25, 0.3) is 0 Å². The molecule has 0 aromatic heterocycles. The summed E-state index contributed by atoms with van der Waals surface area (Å²) in [4.78, 5) is 10.4. The van der Waals surface area contributed by atoms with E-state index in [0.717, 1.165) is 0 Å². The number of ether oxygens (including phenoxy) is 1. The Morgan fingerprint density at radius 2 is 2.27 bits per heavy atom. The molecule has 0 bridgehead atoms. The fourth-order valence-corrected chi connectivity index (χ4v) is 1.99. The summed E-state index contributed by atoms with van der Waals surface area (Å²) < 4.78 is 26.4. The maximum atomic E-state index is 11.0. The molecular weight excluding hydrogens is 168 g/mol. The standard InChI is InChI=1S/C6H8O4S/c1-5(7)10-6-3-2-4-11(6,8)9/h2-3,6H,4H2,1H3. The van der Waals surface area contributed by atoms with Crippen molar-refractivity contribution in [1.29, 1.82) is 0 Å². The molecule has 0 aromatic rings. The monoisotopic (exact) mass is 176 g/mol. The van der Waals surface area contributed by atoms with Crippen LogP contribution in [0.1, 0.15) is 6.92 Å². The molecule has 0 radical (unpaired) electrons. The van der Waals surface area contributed by atoms with Gasteiger partial charge >= 0.3 is 5.97 Å². The van der Waals surface area contributed by atoms with E-state index in [1.165, 1.54) is 19.1 Å². The van der Waals surface area contributed by atoms with Crippen LogP contribution in [0.15, 0.2) is 12.2 Å². The van der Waals surface area contributed by atoms with Gasteiger partial charge in [0.05, 0.1) is 5.75 Å². The summed E-state index contributed by atoms with van der Waals surface area (Å²) in [5.74, 6) is -0.615. The summed E-state index contributed by atoms with van der Waals surface area (Å²) in [6.07, 6.45) is 2.85. The van der Waals surface area contributed by atoms with Gasteiger partial charge in [0.1, 0.15) is 0 Å². The van der Waals surface area contributed by atoms with Crippen LogP contribution in [0.2, 0.25) is 0 Å². The van der Waals surface area contributed by atoms with Crippen LogP contribution in [0, 0.1) is 0 Å². The van der Waals surface area contributed by atoms with Crippen molar-refractivity contribution >= 4 is 15.8 Å². The molecule has 11 heavy (non-hydrogen) atoms. The summed E-state index contributed by atoms with van der Waals surface area (Å²) in [5.41, 5.74) is -1.06. The van der Waals surface area contributed by atoms with E-state index in [2.05, 4.69) is 4.74 Å². The molecule has 1 aliphatic heterocycles. The first-order valence-electron chi connectivity index (χ1n) is 3.08. The molecule has 1 rings (SSSR count). The van der Waals surface area contributed by atoms with Crippen LogP contribution >= 0.6 is 0 Å². The molecule has 0 saturated carbocycles. The van der Waals surface area contributed by atoms with Gasteiger partial charge in [0.2, 0.25) is 5.44 Å². The van der Waals surface area contributed by atoms with Gasteiger partial charge in [0.25, 0.3) is 0 Å². The van der Waals surface area contributed by atoms with Crippen molar-refractivity contribution < 1.29 is 17.9 Å². The lowest BCUT2D eigenvalue weighted by Gasteiger charge is -2.06. The maximum Gasteiger partial charge on any atom is 0.304 e. The molecule has 4 nitrogen and oxygen atoms in total. The van der Waals surface area contributed by atoms with Gasteiger partial charge in [-0.05, 0) is 6.08 Å². The number of carbonyl (C=O) groups is 1. The van der Waals surface area contributed by atoms with Crippen LogP contribution < -0.4 is 0 Å². The number of hydrogen-bond acceptors (Lipinski definition) is 4. The summed E-state index contributed by atoms with van der Waals surface area (Å²) in [7, 11) is -3.24. The molecule has 0 amide bonds. The lowest BCUT2D eigenvalue weighted by molar-refractivity contribution is -0.141. The van der Waals surface area contributed by atoms with E-state index in [-0.39, 0.29) is 5.75 Å². The summed E-state index contributed by atoms with van der Waals surface area (Å²) in [6, 6.07) is 0. The van der Waals surface area contributed by atoms with Crippen molar-refractivity contribution in [2.24, 2.45) is 0 Å². The van der Waals surface area contributed by atoms with Gasteiger partial charge in [0.15, 0.2) is 9.84 Å². The highest BCUT2D eigenvalue weighted by molar-refractivity contribution is 7.92. The molecule has 0 N–H and O–H groups in total. The highest BCUT2D eigenvalue weighted by atomic mass is 32.2. The zero-order chi connectivity index (χ0) is 8.48. The van der Waals surface area contributed by atoms with Gasteiger partial charge in [-0.1, -0.05) is 6.08 Å². The molecule has 62 valence electrons. The predicted octanol–water partition coefficient (Wildman–Crippen LogP) is -0.140. The molecule has 0 saturated heterocycles. The van der Waals surface area contributed by atoms with E-state index in [4.69, 9.17) is 0 Å². The average molecular weight is 176 g/mol. The second-order valence-corrected chi connectivity index (χ2v) is 4.36. The lowest BCUT2D eigenvalue weighted by atomic mass is 10.5. The first-order valence-corrected chi connectivity index (χ1v) is 4.79. The third-order valence-electron chi connectivity index (χ3n) is 1.26. The SMILES string of the molecule is CC(=O)OC1C=CCS1(=O)=O. The number of carbonyl (C=O) groups excluding carboxylic acids is 1. The predicted molar refractivity (Wildman–Crippen MR) is 38.5 cm³/mol. The lowest BCUT2D eigenvalue weighted by Crippen LogP contribution is -2.21. The number of hydrogen-bond donors (Lipinski definition) is 0. The zero-order valence-corrected chi connectivity index (χ0v) is 6.80. The molecular formula is C6H8O4S. The Kier molecular flexibility index (Phi) is 1.99. The van der Waals surface area contributed by atoms with Gasteiger partial charge in [-0.2, -0.15) is 0 Å². The zero-order valence-electron chi connectivity index (χ0n) is 5.98. The van der Waals surface area contributed by atoms with Gasteiger partial charge in [-0.25, -0.2) is 8.42 Å². The minimum atomic E-state index is -3.24. The molecule has 5 heteroatoms. The van der Waals surface area contributed by atoms with Gasteiger partial charge < -0.3 is 4.74 Å². The minimum Gasteiger partial charge on any atom is -0.442 e. The molecule has 1 heterocycles. The second-order valence-electron chi connectivity index (χ2n) is 2.24. The third kappa shape index (κ3) is 1.80. The largest absolute Gasteiger partial charge is 0.442 e. The van der Waals surface area contributed by atoms with Crippen LogP contribution in [0.3, 0.4) is 0 Å². The highest BCUT2D eigenvalue weighted by Gasteiger charge is 2.28. The first kappa shape index (κ1) is 8.26. The Morgan fingerprint density at radius 3 is 2.64 bits per heavy atom. The quantitative estimate of drug-likeness (QED) is 0.412. The Balaban J connectivity index is 2.73. The van der Waals surface area contributed by atoms with Crippen LogP contribution in [-0.2, 0) is 19.4 Å². The van der Waals surface area contributed by atoms with Crippen molar-refractivity contribution in [1.82, 2.24) is 0 Å². The van der Waals surface area contributed by atoms with Gasteiger partial charge in [-0.15, -0.1) is 0 Å². The van der Waals surface area contributed by atoms with Crippen molar-refractivity contribution in [3.05, 3.63) is 12.2 Å². The molecule has 0 spiro atoms. The fourth-order valence-electron chi connectivity index (χ4n) is 0.791. The van der Waals surface area contributed by atoms with Gasteiger partial charge in [0, 0.05) is 6.92 Å². The molecule has 0 aromatic carbocycles. The minimum absolute atomic E-state index is 0.0368. The van der Waals surface area contributed by atoms with Gasteiger partial charge in [-0.3, -0.25) is 4.79 Å². The average Bonchev–Trinajstić information content (AvgIpc) is 2.10. The molecule has 0 aliphatic carbocycles. The van der Waals surface area contributed by atoms with E-state index in [9.17, 15) is 13.2 Å². The van der Waals surface area contributed by atoms with Crippen molar-refractivity contribution in [2.45, 2.75) is 12.4 Å². The molecule has 1 atom stereocenters. The summed E-state index contributed by atoms with van der Waals surface area (Å²) >= 11 is 0. The Labute approximate surface area is 64.8 Å². The van der Waals surface area contributed by atoms with Crippen LogP contribution in [0.4, 0.5) is 0 Å². The Morgan fingerprint density at radius 1 is 1.64 bits per heavy atom. The number of rotatable bonds is 1. The number of sulfone groups is 1. The van der Waals surface area contributed by atoms with E-state index < -0.39 is 21.2 Å². The first-order chi connectivity index (χ1) is 5.02. The van der Waals surface area contributed by atoms with E-state index in [1.807, 2.05) is 0 Å². The van der Waals surface area contributed by atoms with Crippen molar-refractivity contribution in [3.8, 4) is 0 Å². The van der Waals surface area contributed by atoms with E-state index >= 15 is 0 Å². The summed E-state index contributed by atoms with van der Waals surface area (Å²) in [6.45, 7) is 1.18. The van der Waals surface area contributed by atoms with Crippen LogP contribution in [-0.4, -0.2) is 25.6 Å². The van der Waals surface area contributed by atoms with E-state index in [1.54, 1.807) is 0 Å². The van der Waals surface area contributed by atoms with Crippen LogP contribution in [0.5, 0.6) is 0 Å². The molecule has 0 fully saturated rings. The van der Waals surface area contributed by atoms with Crippen molar-refractivity contribution in [3.63, 3.8) is 0 Å². The molecule has 1 aliphatic rings. The fraction of sp³-hybridized carbons (Fsp3) is 0.500.